The molecule has 0 bridgehead atoms. The fraction of sp³-hybridized carbons (Fsp3) is 0.407. The number of thioether (sulfide) groups is 1. The van der Waals surface area contributed by atoms with Gasteiger partial charge in [-0.1, -0.05) is 23.5 Å². The number of pyridine rings is 1. The summed E-state index contributed by atoms with van der Waals surface area (Å²) in [5.74, 6) is -2.36. The quantitative estimate of drug-likeness (QED) is 0.493. The van der Waals surface area contributed by atoms with E-state index in [2.05, 4.69) is 28.6 Å². The third-order valence-electron chi connectivity index (χ3n) is 8.32. The fourth-order valence-corrected chi connectivity index (χ4v) is 8.54. The van der Waals surface area contributed by atoms with Crippen molar-refractivity contribution in [3.8, 4) is 16.3 Å². The second-order valence-electron chi connectivity index (χ2n) is 10.4. The Morgan fingerprint density at radius 1 is 1.21 bits per heavy atom. The topological polar surface area (TPSA) is 91.6 Å². The van der Waals surface area contributed by atoms with Crippen molar-refractivity contribution in [2.24, 2.45) is 5.92 Å². The third kappa shape index (κ3) is 3.75. The number of fused-ring (bicyclic) bond motifs is 3. The van der Waals surface area contributed by atoms with E-state index in [1.54, 1.807) is 27.5 Å². The molecule has 2 aliphatic heterocycles. The summed E-state index contributed by atoms with van der Waals surface area (Å²) in [6, 6.07) is 3.32. The molecule has 12 heteroatoms. The van der Waals surface area contributed by atoms with Crippen LogP contribution in [0.2, 0.25) is 0 Å². The highest BCUT2D eigenvalue weighted by Crippen LogP contribution is 2.57. The van der Waals surface area contributed by atoms with Crippen molar-refractivity contribution in [3.05, 3.63) is 74.0 Å². The molecule has 1 spiro atoms. The SMILES string of the molecule is CCN1C(=O)c2c(O)c(=O)c(-c3nnc(Cc4ccc(F)cc4F)s3)cn2N(C)C12CCCC1(C)SC=CC12. The lowest BCUT2D eigenvalue weighted by molar-refractivity contribution is -0.0115. The highest BCUT2D eigenvalue weighted by molar-refractivity contribution is 8.03. The van der Waals surface area contributed by atoms with Crippen molar-refractivity contribution in [1.82, 2.24) is 19.8 Å². The number of rotatable bonds is 4. The van der Waals surface area contributed by atoms with Crippen LogP contribution in [0.15, 0.2) is 40.7 Å². The van der Waals surface area contributed by atoms with Crippen LogP contribution in [0.3, 0.4) is 0 Å². The second kappa shape index (κ2) is 9.16. The van der Waals surface area contributed by atoms with E-state index in [0.717, 1.165) is 36.7 Å². The molecule has 3 unspecified atom stereocenters. The van der Waals surface area contributed by atoms with E-state index >= 15 is 0 Å². The number of hydrogen-bond acceptors (Lipinski definition) is 8. The number of aromatic hydroxyl groups is 1. The maximum atomic E-state index is 14.2. The Hall–Kier alpha value is -3.25. The predicted molar refractivity (Wildman–Crippen MR) is 146 cm³/mol. The van der Waals surface area contributed by atoms with Gasteiger partial charge >= 0.3 is 0 Å². The van der Waals surface area contributed by atoms with Gasteiger partial charge in [0.05, 0.1) is 5.56 Å². The van der Waals surface area contributed by atoms with Gasteiger partial charge in [0.1, 0.15) is 22.3 Å². The molecule has 0 saturated heterocycles. The Kier molecular flexibility index (Phi) is 6.10. The number of halogens is 2. The molecule has 1 N–H and O–H groups in total. The molecule has 0 radical (unpaired) electrons. The summed E-state index contributed by atoms with van der Waals surface area (Å²) in [5.41, 5.74) is -1.15. The van der Waals surface area contributed by atoms with Crippen LogP contribution in [0.1, 0.15) is 54.2 Å². The van der Waals surface area contributed by atoms with Gasteiger partial charge in [-0.3, -0.25) is 19.3 Å². The van der Waals surface area contributed by atoms with Crippen LogP contribution in [0.5, 0.6) is 5.75 Å². The molecule has 1 fully saturated rings. The van der Waals surface area contributed by atoms with Crippen LogP contribution in [0.25, 0.3) is 10.6 Å². The molecule has 6 rings (SSSR count). The maximum Gasteiger partial charge on any atom is 0.278 e. The molecule has 1 aliphatic carbocycles. The van der Waals surface area contributed by atoms with Gasteiger partial charge in [-0.15, -0.1) is 22.0 Å². The molecular formula is C27H27F2N5O3S2. The summed E-state index contributed by atoms with van der Waals surface area (Å²) >= 11 is 2.87. The van der Waals surface area contributed by atoms with Crippen molar-refractivity contribution in [2.45, 2.75) is 49.9 Å². The second-order valence-corrected chi connectivity index (χ2v) is 12.9. The van der Waals surface area contributed by atoms with Gasteiger partial charge in [-0.25, -0.2) is 8.78 Å². The van der Waals surface area contributed by atoms with E-state index in [1.807, 2.05) is 19.0 Å². The van der Waals surface area contributed by atoms with E-state index in [1.165, 1.54) is 12.1 Å². The first-order valence-electron chi connectivity index (χ1n) is 12.8. The molecule has 4 heterocycles. The fourth-order valence-electron chi connectivity index (χ4n) is 6.45. The lowest BCUT2D eigenvalue weighted by Gasteiger charge is -2.61. The minimum atomic E-state index is -0.726. The average Bonchev–Trinajstić information content (AvgIpc) is 3.53. The van der Waals surface area contributed by atoms with Gasteiger partial charge in [0.25, 0.3) is 5.91 Å². The average molecular weight is 572 g/mol. The van der Waals surface area contributed by atoms with Crippen molar-refractivity contribution < 1.29 is 18.7 Å². The first-order chi connectivity index (χ1) is 18.6. The molecule has 1 saturated carbocycles. The van der Waals surface area contributed by atoms with Gasteiger partial charge < -0.3 is 10.0 Å². The molecular weight excluding hydrogens is 544 g/mol. The minimum Gasteiger partial charge on any atom is -0.502 e. The highest BCUT2D eigenvalue weighted by Gasteiger charge is 2.61. The maximum absolute atomic E-state index is 14.2. The van der Waals surface area contributed by atoms with Gasteiger partial charge in [0, 0.05) is 42.9 Å². The number of amides is 1. The standard InChI is InChI=1S/C27H27F2N5O3S2/c1-4-33-25(37)21-23(36)22(35)17(24-31-30-20(39-24)12-15-6-7-16(28)13-18(15)29)14-34(21)32(3)27(33)10-5-9-26(2)19(27)8-11-38-26/h6-8,11,13-14,19,36H,4-5,9-10,12H2,1-3H3. The highest BCUT2D eigenvalue weighted by atomic mass is 32.2. The van der Waals surface area contributed by atoms with Crippen molar-refractivity contribution >= 4 is 29.0 Å². The van der Waals surface area contributed by atoms with Gasteiger partial charge in [-0.2, -0.15) is 0 Å². The Balaban J connectivity index is 1.45. The van der Waals surface area contributed by atoms with Crippen molar-refractivity contribution in [3.63, 3.8) is 0 Å². The van der Waals surface area contributed by atoms with Crippen molar-refractivity contribution in [2.75, 3.05) is 18.6 Å². The van der Waals surface area contributed by atoms with Crippen LogP contribution in [0, 0.1) is 17.6 Å². The monoisotopic (exact) mass is 571 g/mol. The minimum absolute atomic E-state index is 0.0366. The summed E-state index contributed by atoms with van der Waals surface area (Å²) in [5, 5.41) is 24.1. The summed E-state index contributed by atoms with van der Waals surface area (Å²) in [6.45, 7) is 4.56. The van der Waals surface area contributed by atoms with Crippen molar-refractivity contribution in [1.29, 1.82) is 0 Å². The summed E-state index contributed by atoms with van der Waals surface area (Å²) in [6.07, 6.45) is 6.47. The van der Waals surface area contributed by atoms with Gasteiger partial charge in [0.2, 0.25) is 5.43 Å². The summed E-state index contributed by atoms with van der Waals surface area (Å²) in [7, 11) is 1.89. The van der Waals surface area contributed by atoms with E-state index in [0.29, 0.717) is 11.6 Å². The van der Waals surface area contributed by atoms with E-state index in [4.69, 9.17) is 0 Å². The van der Waals surface area contributed by atoms with E-state index in [9.17, 15) is 23.5 Å². The number of benzene rings is 1. The molecule has 1 amide bonds. The Morgan fingerprint density at radius 3 is 2.74 bits per heavy atom. The lowest BCUT2D eigenvalue weighted by atomic mass is 9.70. The molecule has 1 aromatic carbocycles. The lowest BCUT2D eigenvalue weighted by Crippen LogP contribution is -2.75. The van der Waals surface area contributed by atoms with E-state index in [-0.39, 0.29) is 38.9 Å². The molecule has 8 nitrogen and oxygen atoms in total. The van der Waals surface area contributed by atoms with Crippen LogP contribution in [-0.2, 0) is 6.42 Å². The molecule has 2 aromatic heterocycles. The molecule has 3 atom stereocenters. The van der Waals surface area contributed by atoms with Crippen LogP contribution < -0.4 is 10.4 Å². The Bertz CT molecular complexity index is 1590. The zero-order chi connectivity index (χ0) is 27.7. The number of hydrogen-bond donors (Lipinski definition) is 1. The number of nitrogens with zero attached hydrogens (tertiary/aromatic N) is 5. The largest absolute Gasteiger partial charge is 0.502 e. The number of carbonyl (C=O) groups is 1. The third-order valence-corrected chi connectivity index (χ3v) is 10.6. The Morgan fingerprint density at radius 2 is 2.00 bits per heavy atom. The van der Waals surface area contributed by atoms with Gasteiger partial charge in [0.15, 0.2) is 16.5 Å². The Labute approximate surface area is 231 Å². The molecule has 204 valence electrons. The van der Waals surface area contributed by atoms with Gasteiger partial charge in [-0.05, 0) is 50.1 Å². The van der Waals surface area contributed by atoms with E-state index < -0.39 is 34.4 Å². The summed E-state index contributed by atoms with van der Waals surface area (Å²) < 4.78 is 29.0. The summed E-state index contributed by atoms with van der Waals surface area (Å²) in [4.78, 5) is 29.0. The molecule has 3 aromatic rings. The smallest absolute Gasteiger partial charge is 0.278 e. The zero-order valence-corrected chi connectivity index (χ0v) is 23.3. The van der Waals surface area contributed by atoms with Crippen LogP contribution in [0.4, 0.5) is 8.78 Å². The normalized spacial score (nSPS) is 25.9. The first-order valence-corrected chi connectivity index (χ1v) is 14.5. The molecule has 39 heavy (non-hydrogen) atoms. The zero-order valence-electron chi connectivity index (χ0n) is 21.6. The number of carbonyl (C=O) groups excluding carboxylic acids is 1. The number of aromatic nitrogens is 3. The molecule has 3 aliphatic rings. The van der Waals surface area contributed by atoms with Crippen LogP contribution in [-0.4, -0.2) is 54.8 Å². The first kappa shape index (κ1) is 26.0. The van der Waals surface area contributed by atoms with Crippen LogP contribution >= 0.6 is 23.1 Å². The predicted octanol–water partition coefficient (Wildman–Crippen LogP) is 4.50.